The van der Waals surface area contributed by atoms with Gasteiger partial charge in [0.1, 0.15) is 11.6 Å². The second-order valence-electron chi connectivity index (χ2n) is 8.65. The summed E-state index contributed by atoms with van der Waals surface area (Å²) in [4.78, 5) is 51.4. The molecule has 1 amide bonds. The van der Waals surface area contributed by atoms with Crippen LogP contribution in [0.4, 0.5) is 10.1 Å². The Morgan fingerprint density at radius 1 is 1.05 bits per heavy atom. The zero-order valence-corrected chi connectivity index (χ0v) is 21.9. The number of carbonyl (C=O) groups excluding carboxylic acids is 2. The van der Waals surface area contributed by atoms with Gasteiger partial charge in [0.15, 0.2) is 12.5 Å². The largest absolute Gasteiger partial charge is 0.480 e. The van der Waals surface area contributed by atoms with Gasteiger partial charge >= 0.3 is 5.97 Å². The number of anilines is 1. The number of aromatic carboxylic acids is 1. The topological polar surface area (TPSA) is 128 Å². The van der Waals surface area contributed by atoms with Gasteiger partial charge in [-0.15, -0.1) is 5.10 Å². The van der Waals surface area contributed by atoms with Crippen LogP contribution in [0.2, 0.25) is 5.02 Å². The highest BCUT2D eigenvalue weighted by Crippen LogP contribution is 2.31. The summed E-state index contributed by atoms with van der Waals surface area (Å²) in [5.74, 6) is -3.09. The number of hydrogen-bond acceptors (Lipinski definition) is 6. The van der Waals surface area contributed by atoms with Gasteiger partial charge in [-0.05, 0) is 47.5 Å². The van der Waals surface area contributed by atoms with Crippen molar-refractivity contribution in [2.75, 3.05) is 19.1 Å². The number of alkyl halides is 1. The van der Waals surface area contributed by atoms with Crippen molar-refractivity contribution < 1.29 is 28.6 Å². The minimum atomic E-state index is -1.46. The summed E-state index contributed by atoms with van der Waals surface area (Å²) in [7, 11) is 1.28. The number of benzene rings is 3. The molecule has 1 aromatic heterocycles. The third-order valence-electron chi connectivity index (χ3n) is 6.06. The molecule has 2 N–H and O–H groups in total. The molecule has 0 bridgehead atoms. The molecule has 0 saturated heterocycles. The summed E-state index contributed by atoms with van der Waals surface area (Å²) in [6.45, 7) is -1.46. The number of aromatic nitrogens is 2. The first kappa shape index (κ1) is 28.2. The first-order valence-electron chi connectivity index (χ1n) is 12.0. The zero-order valence-electron chi connectivity index (χ0n) is 21.1. The van der Waals surface area contributed by atoms with Gasteiger partial charge in [-0.3, -0.25) is 14.4 Å². The van der Waals surface area contributed by atoms with E-state index in [0.29, 0.717) is 16.1 Å². The van der Waals surface area contributed by atoms with Crippen LogP contribution in [0.1, 0.15) is 32.3 Å². The molecular formula is C29H23ClFN3O6. The second kappa shape index (κ2) is 12.4. The number of halogens is 2. The molecule has 40 heavy (non-hydrogen) atoms. The molecule has 204 valence electrons. The number of rotatable bonds is 10. The van der Waals surface area contributed by atoms with Crippen LogP contribution < -0.4 is 15.6 Å². The van der Waals surface area contributed by atoms with Crippen molar-refractivity contribution in [1.29, 1.82) is 0 Å². The van der Waals surface area contributed by atoms with Crippen LogP contribution in [0.5, 0.6) is 5.88 Å². The maximum absolute atomic E-state index is 13.8. The number of methoxy groups -OCH3 is 1. The predicted molar refractivity (Wildman–Crippen MR) is 147 cm³/mol. The number of nitrogens with zero attached hydrogens (tertiary/aromatic N) is 2. The summed E-state index contributed by atoms with van der Waals surface area (Å²) < 4.78 is 20.0. The van der Waals surface area contributed by atoms with Crippen molar-refractivity contribution in [2.24, 2.45) is 0 Å². The van der Waals surface area contributed by atoms with E-state index in [1.54, 1.807) is 54.6 Å². The molecule has 1 unspecified atom stereocenters. The highest BCUT2D eigenvalue weighted by molar-refractivity contribution is 6.30. The van der Waals surface area contributed by atoms with Gasteiger partial charge in [0.2, 0.25) is 11.8 Å². The van der Waals surface area contributed by atoms with E-state index in [0.717, 1.165) is 4.68 Å². The maximum Gasteiger partial charge on any atom is 0.335 e. The highest BCUT2D eigenvalue weighted by Gasteiger charge is 2.31. The van der Waals surface area contributed by atoms with Crippen molar-refractivity contribution in [3.8, 4) is 17.0 Å². The average molecular weight is 564 g/mol. The van der Waals surface area contributed by atoms with Gasteiger partial charge in [0, 0.05) is 17.1 Å². The molecule has 3 aromatic carbocycles. The number of ketones is 1. The maximum atomic E-state index is 13.8. The van der Waals surface area contributed by atoms with E-state index < -0.39 is 41.5 Å². The lowest BCUT2D eigenvalue weighted by Gasteiger charge is -2.22. The Balaban J connectivity index is 1.88. The fourth-order valence-corrected chi connectivity index (χ4v) is 4.39. The molecule has 0 fully saturated rings. The van der Waals surface area contributed by atoms with E-state index in [2.05, 4.69) is 10.4 Å². The number of carboxylic acids is 1. The Morgan fingerprint density at radius 2 is 1.75 bits per heavy atom. The lowest BCUT2D eigenvalue weighted by Crippen LogP contribution is -2.39. The fourth-order valence-electron chi connectivity index (χ4n) is 4.17. The molecule has 1 atom stereocenters. The van der Waals surface area contributed by atoms with Crippen LogP contribution in [-0.4, -0.2) is 46.3 Å². The van der Waals surface area contributed by atoms with Crippen molar-refractivity contribution in [1.82, 2.24) is 9.78 Å². The minimum absolute atomic E-state index is 0.0122. The van der Waals surface area contributed by atoms with Gasteiger partial charge < -0.3 is 15.2 Å². The van der Waals surface area contributed by atoms with E-state index in [1.165, 1.54) is 31.4 Å². The summed E-state index contributed by atoms with van der Waals surface area (Å²) in [5, 5.41) is 16.5. The predicted octanol–water partition coefficient (Wildman–Crippen LogP) is 4.85. The Kier molecular flexibility index (Phi) is 8.70. The molecule has 0 aliphatic carbocycles. The summed E-state index contributed by atoms with van der Waals surface area (Å²) in [5.41, 5.74) is -0.220. The highest BCUT2D eigenvalue weighted by atomic mass is 35.5. The Labute approximate surface area is 232 Å². The normalized spacial score (nSPS) is 11.5. The van der Waals surface area contributed by atoms with Crippen LogP contribution in [0.25, 0.3) is 11.1 Å². The van der Waals surface area contributed by atoms with E-state index in [4.69, 9.17) is 21.4 Å². The van der Waals surface area contributed by atoms with Crippen LogP contribution in [0, 0.1) is 0 Å². The van der Waals surface area contributed by atoms with Crippen molar-refractivity contribution in [3.63, 3.8) is 0 Å². The third-order valence-corrected chi connectivity index (χ3v) is 6.29. The molecule has 1 heterocycles. The molecule has 0 aliphatic rings. The Hall–Kier alpha value is -4.83. The quantitative estimate of drug-likeness (QED) is 0.264. The SMILES string of the molecule is COc1nn(C(Cc2cccc(Cl)c2)C(=O)Nc2ccc(C(=O)O)cc2)c(=O)c(C(=O)CF)c1-c1ccccc1. The molecule has 11 heteroatoms. The standard InChI is InChI=1S/C29H23ClFN3O6/c1-40-27-24(18-7-3-2-4-8-18)25(23(35)16-31)28(37)34(33-27)22(15-17-6-5-9-20(30)14-17)26(36)32-21-12-10-19(11-13-21)29(38)39/h2-14,22H,15-16H2,1H3,(H,32,36)(H,38,39). The molecule has 4 aromatic rings. The Bertz CT molecular complexity index is 1620. The second-order valence-corrected chi connectivity index (χ2v) is 9.09. The lowest BCUT2D eigenvalue weighted by molar-refractivity contribution is -0.119. The molecular weight excluding hydrogens is 541 g/mol. The van der Waals surface area contributed by atoms with E-state index in [-0.39, 0.29) is 29.1 Å². The molecule has 0 spiro atoms. The number of hydrogen-bond donors (Lipinski definition) is 2. The Morgan fingerprint density at radius 3 is 2.35 bits per heavy atom. The van der Waals surface area contributed by atoms with Crippen molar-refractivity contribution >= 4 is 34.9 Å². The lowest BCUT2D eigenvalue weighted by atomic mass is 9.99. The van der Waals surface area contributed by atoms with Gasteiger partial charge in [-0.1, -0.05) is 54.1 Å². The van der Waals surface area contributed by atoms with Crippen LogP contribution >= 0.6 is 11.6 Å². The number of Topliss-reactive ketones (excluding diaryl/α,β-unsaturated/α-hetero) is 1. The monoisotopic (exact) mass is 563 g/mol. The minimum Gasteiger partial charge on any atom is -0.480 e. The summed E-state index contributed by atoms with van der Waals surface area (Å²) >= 11 is 6.14. The van der Waals surface area contributed by atoms with Crippen LogP contribution in [0.15, 0.2) is 83.7 Å². The smallest absolute Gasteiger partial charge is 0.335 e. The number of carbonyl (C=O) groups is 3. The first-order valence-corrected chi connectivity index (χ1v) is 12.3. The summed E-state index contributed by atoms with van der Waals surface area (Å²) in [6.07, 6.45) is -0.0798. The fraction of sp³-hybridized carbons (Fsp3) is 0.138. The van der Waals surface area contributed by atoms with Gasteiger partial charge in [0.05, 0.1) is 18.2 Å². The number of ether oxygens (including phenoxy) is 1. The average Bonchev–Trinajstić information content (AvgIpc) is 2.96. The number of nitrogens with one attached hydrogen (secondary N) is 1. The van der Waals surface area contributed by atoms with Gasteiger partial charge in [-0.2, -0.15) is 0 Å². The van der Waals surface area contributed by atoms with Crippen LogP contribution in [0.3, 0.4) is 0 Å². The van der Waals surface area contributed by atoms with Gasteiger partial charge in [-0.25, -0.2) is 13.9 Å². The molecule has 4 rings (SSSR count). The third kappa shape index (κ3) is 6.08. The molecule has 0 radical (unpaired) electrons. The van der Waals surface area contributed by atoms with Crippen molar-refractivity contribution in [3.05, 3.63) is 111 Å². The van der Waals surface area contributed by atoms with E-state index in [1.807, 2.05) is 0 Å². The molecule has 0 saturated carbocycles. The van der Waals surface area contributed by atoms with Crippen molar-refractivity contribution in [2.45, 2.75) is 12.5 Å². The molecule has 0 aliphatic heterocycles. The van der Waals surface area contributed by atoms with Crippen LogP contribution in [-0.2, 0) is 11.2 Å². The number of carboxylic acid groups (broad SMARTS) is 1. The molecule has 9 nitrogen and oxygen atoms in total. The summed E-state index contributed by atoms with van der Waals surface area (Å²) in [6, 6.07) is 19.0. The van der Waals surface area contributed by atoms with Gasteiger partial charge in [0.25, 0.3) is 5.56 Å². The first-order chi connectivity index (χ1) is 19.2. The number of amides is 1. The van der Waals surface area contributed by atoms with E-state index >= 15 is 0 Å². The van der Waals surface area contributed by atoms with E-state index in [9.17, 15) is 23.6 Å². The zero-order chi connectivity index (χ0) is 28.8.